The van der Waals surface area contributed by atoms with E-state index in [1.807, 2.05) is 5.32 Å². The number of amides is 5. The maximum Gasteiger partial charge on any atom is 0.326 e. The van der Waals surface area contributed by atoms with Crippen LogP contribution in [0.5, 0.6) is 0 Å². The van der Waals surface area contributed by atoms with Crippen molar-refractivity contribution >= 4 is 53.2 Å². The summed E-state index contributed by atoms with van der Waals surface area (Å²) in [5.41, 5.74) is 15.7. The molecule has 0 radical (unpaired) electrons. The Bertz CT molecular complexity index is 778. The van der Waals surface area contributed by atoms with Gasteiger partial charge in [0.1, 0.15) is 18.1 Å². The number of carbonyl (C=O) groups excluding carboxylic acids is 5. The summed E-state index contributed by atoms with van der Waals surface area (Å²) in [5, 5.41) is 24.3. The number of carboxylic acid groups (broad SMARTS) is 2. The summed E-state index contributed by atoms with van der Waals surface area (Å²) >= 11 is 1.42. The van der Waals surface area contributed by atoms with Gasteiger partial charge in [-0.25, -0.2) is 4.79 Å². The van der Waals surface area contributed by atoms with Crippen molar-refractivity contribution in [2.24, 2.45) is 17.2 Å². The zero-order valence-electron chi connectivity index (χ0n) is 17.7. The number of hydrogen-bond donors (Lipinski definition) is 8. The topological polar surface area (TPSA) is 274 Å². The Kier molecular flexibility index (Phi) is 13.1. The molecule has 0 saturated heterocycles. The molecule has 11 N–H and O–H groups in total. The van der Waals surface area contributed by atoms with E-state index < -0.39 is 84.9 Å². The van der Waals surface area contributed by atoms with E-state index in [1.54, 1.807) is 6.26 Å². The van der Waals surface area contributed by atoms with E-state index in [4.69, 9.17) is 27.4 Å². The molecule has 0 rings (SSSR count). The predicted molar refractivity (Wildman–Crippen MR) is 114 cm³/mol. The Hall–Kier alpha value is -3.40. The predicted octanol–water partition coefficient (Wildman–Crippen LogP) is -4.17. The van der Waals surface area contributed by atoms with Crippen LogP contribution in [-0.4, -0.2) is 87.9 Å². The monoisotopic (exact) mass is 492 g/mol. The van der Waals surface area contributed by atoms with Crippen LogP contribution in [0.1, 0.15) is 25.7 Å². The summed E-state index contributed by atoms with van der Waals surface area (Å²) < 4.78 is 0. The molecule has 4 atom stereocenters. The highest BCUT2D eigenvalue weighted by atomic mass is 32.2. The summed E-state index contributed by atoms with van der Waals surface area (Å²) in [6, 6.07) is -6.19. The molecule has 4 unspecified atom stereocenters. The molecule has 5 amide bonds. The van der Waals surface area contributed by atoms with Gasteiger partial charge in [0.15, 0.2) is 0 Å². The van der Waals surface area contributed by atoms with Gasteiger partial charge in [-0.1, -0.05) is 0 Å². The SMILES string of the molecule is CSCCC(N)C(=O)NC(CC(=O)O)C(=O)NC(CC(N)=O)C(=O)NC(CC(N)=O)C(=O)O. The quantitative estimate of drug-likeness (QED) is 0.102. The average molecular weight is 493 g/mol. The molecule has 0 aromatic rings. The third-order valence-electron chi connectivity index (χ3n) is 4.04. The van der Waals surface area contributed by atoms with Crippen molar-refractivity contribution in [1.82, 2.24) is 16.0 Å². The minimum atomic E-state index is -1.76. The number of carboxylic acids is 2. The summed E-state index contributed by atoms with van der Waals surface area (Å²) in [7, 11) is 0. The Labute approximate surface area is 192 Å². The van der Waals surface area contributed by atoms with Gasteiger partial charge in [-0.05, 0) is 18.4 Å². The number of carbonyl (C=O) groups is 7. The molecule has 0 heterocycles. The standard InChI is InChI=1S/C17H28N6O9S/c1-33-3-2-7(18)14(28)21-9(6-13(26)27)16(30)22-8(4-11(19)24)15(29)23-10(17(31)32)5-12(20)25/h7-10H,2-6,18H2,1H3,(H2,19,24)(H2,20,25)(H,21,28)(H,22,30)(H,23,29)(H,26,27)(H,31,32). The van der Waals surface area contributed by atoms with Gasteiger partial charge < -0.3 is 43.4 Å². The number of aliphatic carboxylic acids is 2. The molecule has 0 fully saturated rings. The van der Waals surface area contributed by atoms with E-state index in [-0.39, 0.29) is 6.42 Å². The van der Waals surface area contributed by atoms with Crippen LogP contribution < -0.4 is 33.2 Å². The Morgan fingerprint density at radius 1 is 0.758 bits per heavy atom. The van der Waals surface area contributed by atoms with Crippen molar-refractivity contribution in [3.05, 3.63) is 0 Å². The second kappa shape index (κ2) is 14.6. The van der Waals surface area contributed by atoms with E-state index in [1.165, 1.54) is 11.8 Å². The van der Waals surface area contributed by atoms with Crippen molar-refractivity contribution < 1.29 is 43.8 Å². The number of primary amides is 2. The van der Waals surface area contributed by atoms with E-state index >= 15 is 0 Å². The minimum Gasteiger partial charge on any atom is -0.481 e. The average Bonchev–Trinajstić information content (AvgIpc) is 2.68. The van der Waals surface area contributed by atoms with Crippen molar-refractivity contribution in [3.8, 4) is 0 Å². The molecule has 33 heavy (non-hydrogen) atoms. The number of thioether (sulfide) groups is 1. The van der Waals surface area contributed by atoms with Crippen LogP contribution in [0.3, 0.4) is 0 Å². The number of hydrogen-bond acceptors (Lipinski definition) is 9. The first-order valence-electron chi connectivity index (χ1n) is 9.45. The number of rotatable bonds is 16. The Morgan fingerprint density at radius 2 is 1.18 bits per heavy atom. The maximum atomic E-state index is 12.6. The second-order valence-electron chi connectivity index (χ2n) is 6.85. The van der Waals surface area contributed by atoms with Crippen LogP contribution >= 0.6 is 11.8 Å². The fourth-order valence-electron chi connectivity index (χ4n) is 2.39. The van der Waals surface area contributed by atoms with Crippen molar-refractivity contribution in [2.45, 2.75) is 49.9 Å². The fraction of sp³-hybridized carbons (Fsp3) is 0.588. The van der Waals surface area contributed by atoms with Gasteiger partial charge in [-0.2, -0.15) is 11.8 Å². The first-order valence-corrected chi connectivity index (χ1v) is 10.8. The van der Waals surface area contributed by atoms with Crippen LogP contribution in [-0.2, 0) is 33.6 Å². The van der Waals surface area contributed by atoms with Crippen LogP contribution in [0.25, 0.3) is 0 Å². The zero-order valence-corrected chi connectivity index (χ0v) is 18.6. The molecule has 0 aliphatic carbocycles. The van der Waals surface area contributed by atoms with Gasteiger partial charge in [0, 0.05) is 0 Å². The first kappa shape index (κ1) is 29.6. The highest BCUT2D eigenvalue weighted by Crippen LogP contribution is 2.03. The lowest BCUT2D eigenvalue weighted by Gasteiger charge is -2.24. The van der Waals surface area contributed by atoms with Gasteiger partial charge >= 0.3 is 11.9 Å². The molecule has 0 aliphatic rings. The lowest BCUT2D eigenvalue weighted by atomic mass is 10.1. The van der Waals surface area contributed by atoms with Crippen molar-refractivity contribution in [2.75, 3.05) is 12.0 Å². The second-order valence-corrected chi connectivity index (χ2v) is 7.83. The fourth-order valence-corrected chi connectivity index (χ4v) is 2.88. The molecule has 0 aromatic carbocycles. The van der Waals surface area contributed by atoms with Gasteiger partial charge in [0.25, 0.3) is 0 Å². The molecular weight excluding hydrogens is 464 g/mol. The summed E-state index contributed by atoms with van der Waals surface area (Å²) in [5.74, 6) is -7.82. The van der Waals surface area contributed by atoms with E-state index in [9.17, 15) is 33.6 Å². The normalized spacial score (nSPS) is 14.1. The van der Waals surface area contributed by atoms with Crippen LogP contribution in [0.15, 0.2) is 0 Å². The van der Waals surface area contributed by atoms with Gasteiger partial charge in [0.2, 0.25) is 29.5 Å². The van der Waals surface area contributed by atoms with Gasteiger partial charge in [-0.15, -0.1) is 0 Å². The van der Waals surface area contributed by atoms with E-state index in [2.05, 4.69) is 10.6 Å². The smallest absolute Gasteiger partial charge is 0.326 e. The van der Waals surface area contributed by atoms with Crippen LogP contribution in [0.4, 0.5) is 0 Å². The Morgan fingerprint density at radius 3 is 1.61 bits per heavy atom. The van der Waals surface area contributed by atoms with Gasteiger partial charge in [-0.3, -0.25) is 28.8 Å². The maximum absolute atomic E-state index is 12.6. The van der Waals surface area contributed by atoms with Gasteiger partial charge in [0.05, 0.1) is 25.3 Å². The highest BCUT2D eigenvalue weighted by molar-refractivity contribution is 7.98. The largest absolute Gasteiger partial charge is 0.481 e. The van der Waals surface area contributed by atoms with E-state index in [0.717, 1.165) is 0 Å². The van der Waals surface area contributed by atoms with Crippen LogP contribution in [0, 0.1) is 0 Å². The van der Waals surface area contributed by atoms with E-state index in [0.29, 0.717) is 5.75 Å². The van der Waals surface area contributed by atoms with Crippen molar-refractivity contribution in [3.63, 3.8) is 0 Å². The molecule has 0 aromatic heterocycles. The molecule has 16 heteroatoms. The molecule has 0 saturated carbocycles. The highest BCUT2D eigenvalue weighted by Gasteiger charge is 2.32. The minimum absolute atomic E-state index is 0.248. The number of nitrogens with one attached hydrogen (secondary N) is 3. The number of nitrogens with two attached hydrogens (primary N) is 3. The lowest BCUT2D eigenvalue weighted by molar-refractivity contribution is -0.144. The first-order chi connectivity index (χ1) is 15.3. The van der Waals surface area contributed by atoms with Crippen LogP contribution in [0.2, 0.25) is 0 Å². The molecule has 15 nitrogen and oxygen atoms in total. The summed E-state index contributed by atoms with van der Waals surface area (Å²) in [6.45, 7) is 0. The summed E-state index contributed by atoms with van der Waals surface area (Å²) in [4.78, 5) is 81.9. The lowest BCUT2D eigenvalue weighted by Crippen LogP contribution is -2.58. The molecule has 0 aliphatic heterocycles. The zero-order chi connectivity index (χ0) is 25.7. The third-order valence-corrected chi connectivity index (χ3v) is 4.68. The summed E-state index contributed by atoms with van der Waals surface area (Å²) in [6.07, 6.45) is -0.409. The molecule has 0 spiro atoms. The molecular formula is C17H28N6O9S. The Balaban J connectivity index is 5.52. The molecule has 0 bridgehead atoms. The van der Waals surface area contributed by atoms with Crippen molar-refractivity contribution in [1.29, 1.82) is 0 Å². The third kappa shape index (κ3) is 12.3. The molecule has 186 valence electrons.